The van der Waals surface area contributed by atoms with Gasteiger partial charge in [-0.2, -0.15) is 0 Å². The van der Waals surface area contributed by atoms with Gasteiger partial charge in [-0.25, -0.2) is 0 Å². The van der Waals surface area contributed by atoms with Gasteiger partial charge in [-0.1, -0.05) is 35.0 Å². The molecule has 0 aliphatic heterocycles. The van der Waals surface area contributed by atoms with Crippen LogP contribution in [0.2, 0.25) is 0 Å². The Balaban J connectivity index is 2.16. The van der Waals surface area contributed by atoms with E-state index in [0.717, 1.165) is 22.0 Å². The Morgan fingerprint density at radius 3 is 2.63 bits per heavy atom. The Labute approximate surface area is 122 Å². The van der Waals surface area contributed by atoms with E-state index in [9.17, 15) is 4.79 Å². The van der Waals surface area contributed by atoms with Crippen LogP contribution in [0.3, 0.4) is 0 Å². The van der Waals surface area contributed by atoms with E-state index in [0.29, 0.717) is 6.42 Å². The van der Waals surface area contributed by atoms with E-state index in [2.05, 4.69) is 27.8 Å². The summed E-state index contributed by atoms with van der Waals surface area (Å²) in [5, 5.41) is 0. The summed E-state index contributed by atoms with van der Waals surface area (Å²) in [7, 11) is 0. The summed E-state index contributed by atoms with van der Waals surface area (Å²) in [6, 6.07) is 11.8. The number of aromatic nitrogens is 1. The first-order valence-corrected chi connectivity index (χ1v) is 7.17. The van der Waals surface area contributed by atoms with Crippen molar-refractivity contribution in [1.82, 2.24) is 4.98 Å². The number of halogens is 1. The highest BCUT2D eigenvalue weighted by molar-refractivity contribution is 9.10. The summed E-state index contributed by atoms with van der Waals surface area (Å²) in [4.78, 5) is 16.4. The highest BCUT2D eigenvalue weighted by Gasteiger charge is 2.18. The van der Waals surface area contributed by atoms with Crippen LogP contribution in [0.4, 0.5) is 0 Å². The van der Waals surface area contributed by atoms with Gasteiger partial charge in [-0.15, -0.1) is 0 Å². The quantitative estimate of drug-likeness (QED) is 0.829. The molecule has 0 radical (unpaired) electrons. The van der Waals surface area contributed by atoms with Crippen LogP contribution in [0.1, 0.15) is 30.4 Å². The lowest BCUT2D eigenvalue weighted by Gasteiger charge is -2.14. The molecule has 1 aromatic carbocycles. The van der Waals surface area contributed by atoms with Crippen molar-refractivity contribution < 1.29 is 4.79 Å². The third-order valence-electron chi connectivity index (χ3n) is 3.18. The number of carbonyl (C=O) groups is 1. The van der Waals surface area contributed by atoms with E-state index >= 15 is 0 Å². The fourth-order valence-corrected chi connectivity index (χ4v) is 2.61. The van der Waals surface area contributed by atoms with Gasteiger partial charge in [-0.05, 0) is 41.8 Å². The van der Waals surface area contributed by atoms with Crippen molar-refractivity contribution in [3.05, 3.63) is 64.4 Å². The maximum Gasteiger partial charge on any atom is 0.144 e. The van der Waals surface area contributed by atoms with Crippen LogP contribution in [0.5, 0.6) is 0 Å². The fourth-order valence-electron chi connectivity index (χ4n) is 2.20. The third kappa shape index (κ3) is 3.74. The summed E-state index contributed by atoms with van der Waals surface area (Å²) in [5.74, 6) is 0.220. The average Bonchev–Trinajstić information content (AvgIpc) is 2.41. The molecule has 98 valence electrons. The van der Waals surface area contributed by atoms with E-state index in [4.69, 9.17) is 0 Å². The molecule has 1 aromatic heterocycles. The van der Waals surface area contributed by atoms with Crippen LogP contribution in [0, 0.1) is 0 Å². The molecule has 0 bridgehead atoms. The number of Topliss-reactive ketones (excluding diaryl/α,β-unsaturated/α-hetero) is 1. The molecule has 0 spiro atoms. The van der Waals surface area contributed by atoms with Gasteiger partial charge in [0.2, 0.25) is 0 Å². The van der Waals surface area contributed by atoms with Crippen molar-refractivity contribution in [2.75, 3.05) is 0 Å². The van der Waals surface area contributed by atoms with Crippen LogP contribution in [-0.2, 0) is 11.2 Å². The second-order valence-corrected chi connectivity index (χ2v) is 5.43. The Morgan fingerprint density at radius 1 is 1.26 bits per heavy atom. The molecule has 0 amide bonds. The molecule has 19 heavy (non-hydrogen) atoms. The molecule has 0 fully saturated rings. The predicted molar refractivity (Wildman–Crippen MR) is 80.1 cm³/mol. The molecule has 2 nitrogen and oxygen atoms in total. The van der Waals surface area contributed by atoms with Gasteiger partial charge in [0.1, 0.15) is 5.78 Å². The Kier molecular flexibility index (Phi) is 4.86. The van der Waals surface area contributed by atoms with E-state index < -0.39 is 0 Å². The van der Waals surface area contributed by atoms with Crippen LogP contribution in [-0.4, -0.2) is 10.8 Å². The van der Waals surface area contributed by atoms with Gasteiger partial charge in [0.05, 0.1) is 0 Å². The van der Waals surface area contributed by atoms with Crippen molar-refractivity contribution in [3.8, 4) is 0 Å². The number of ketones is 1. The number of rotatable bonds is 5. The van der Waals surface area contributed by atoms with Crippen LogP contribution < -0.4 is 0 Å². The van der Waals surface area contributed by atoms with Crippen molar-refractivity contribution in [2.24, 2.45) is 0 Å². The first kappa shape index (κ1) is 13.9. The molecule has 2 aromatic rings. The minimum absolute atomic E-state index is 0.0364. The maximum atomic E-state index is 12.4. The average molecular weight is 318 g/mol. The van der Waals surface area contributed by atoms with Crippen molar-refractivity contribution in [3.63, 3.8) is 0 Å². The molecular weight excluding hydrogens is 302 g/mol. The molecule has 0 aliphatic rings. The maximum absolute atomic E-state index is 12.4. The molecule has 0 saturated carbocycles. The zero-order valence-electron chi connectivity index (χ0n) is 10.8. The first-order valence-electron chi connectivity index (χ1n) is 6.37. The molecule has 2 rings (SSSR count). The summed E-state index contributed by atoms with van der Waals surface area (Å²) >= 11 is 3.46. The summed E-state index contributed by atoms with van der Waals surface area (Å²) < 4.78 is 1.01. The van der Waals surface area contributed by atoms with Gasteiger partial charge in [-0.3, -0.25) is 9.78 Å². The number of carbonyl (C=O) groups excluding carboxylic acids is 1. The highest BCUT2D eigenvalue weighted by Crippen LogP contribution is 2.24. The Hall–Kier alpha value is -1.48. The summed E-state index contributed by atoms with van der Waals surface area (Å²) in [6.07, 6.45) is 4.74. The number of hydrogen-bond donors (Lipinski definition) is 0. The zero-order chi connectivity index (χ0) is 13.7. The van der Waals surface area contributed by atoms with Crippen molar-refractivity contribution in [1.29, 1.82) is 0 Å². The largest absolute Gasteiger partial charge is 0.299 e. The van der Waals surface area contributed by atoms with Gasteiger partial charge < -0.3 is 0 Å². The molecule has 3 heteroatoms. The normalized spacial score (nSPS) is 12.1. The van der Waals surface area contributed by atoms with Crippen molar-refractivity contribution >= 4 is 21.7 Å². The van der Waals surface area contributed by atoms with Gasteiger partial charge in [0, 0.05) is 29.2 Å². The second kappa shape index (κ2) is 6.62. The molecule has 1 atom stereocenters. The molecule has 1 heterocycles. The smallest absolute Gasteiger partial charge is 0.144 e. The minimum atomic E-state index is -0.0364. The highest BCUT2D eigenvalue weighted by atomic mass is 79.9. The third-order valence-corrected chi connectivity index (χ3v) is 3.67. The lowest BCUT2D eigenvalue weighted by Crippen LogP contribution is -2.14. The number of pyridine rings is 1. The number of benzene rings is 1. The van der Waals surface area contributed by atoms with E-state index in [1.165, 1.54) is 0 Å². The molecular formula is C16H16BrNO. The molecule has 0 aliphatic carbocycles. The summed E-state index contributed by atoms with van der Waals surface area (Å²) in [5.41, 5.74) is 2.10. The van der Waals surface area contributed by atoms with E-state index in [-0.39, 0.29) is 11.7 Å². The van der Waals surface area contributed by atoms with Crippen LogP contribution in [0.15, 0.2) is 53.3 Å². The second-order valence-electron chi connectivity index (χ2n) is 4.51. The lowest BCUT2D eigenvalue weighted by atomic mass is 9.89. The molecule has 0 N–H and O–H groups in total. The standard InChI is InChI=1S/C16H16BrNO/c1-2-15(13-4-3-5-14(17)11-13)16(19)10-12-6-8-18-9-7-12/h3-9,11,15H,2,10H2,1H3. The minimum Gasteiger partial charge on any atom is -0.299 e. The monoisotopic (exact) mass is 317 g/mol. The van der Waals surface area contributed by atoms with Gasteiger partial charge in [0.25, 0.3) is 0 Å². The van der Waals surface area contributed by atoms with Crippen LogP contribution in [0.25, 0.3) is 0 Å². The SMILES string of the molecule is CCC(C(=O)Cc1ccncc1)c1cccc(Br)c1. The summed E-state index contributed by atoms with van der Waals surface area (Å²) in [6.45, 7) is 2.05. The molecule has 0 saturated heterocycles. The Bertz CT molecular complexity index is 554. The van der Waals surface area contributed by atoms with Crippen LogP contribution >= 0.6 is 15.9 Å². The van der Waals surface area contributed by atoms with Gasteiger partial charge in [0.15, 0.2) is 0 Å². The zero-order valence-corrected chi connectivity index (χ0v) is 12.4. The fraction of sp³-hybridized carbons (Fsp3) is 0.250. The van der Waals surface area contributed by atoms with E-state index in [1.807, 2.05) is 36.4 Å². The van der Waals surface area contributed by atoms with Gasteiger partial charge >= 0.3 is 0 Å². The lowest BCUT2D eigenvalue weighted by molar-refractivity contribution is -0.119. The first-order chi connectivity index (χ1) is 9.20. The topological polar surface area (TPSA) is 30.0 Å². The van der Waals surface area contributed by atoms with E-state index in [1.54, 1.807) is 12.4 Å². The number of nitrogens with zero attached hydrogens (tertiary/aromatic N) is 1. The number of hydrogen-bond acceptors (Lipinski definition) is 2. The predicted octanol–water partition coefficient (Wildman–Crippen LogP) is 4.15. The molecule has 1 unspecified atom stereocenters. The Morgan fingerprint density at radius 2 is 2.00 bits per heavy atom. The van der Waals surface area contributed by atoms with Crippen molar-refractivity contribution in [2.45, 2.75) is 25.7 Å².